The van der Waals surface area contributed by atoms with Gasteiger partial charge in [-0.2, -0.15) is 0 Å². The Morgan fingerprint density at radius 3 is 2.59 bits per heavy atom. The van der Waals surface area contributed by atoms with Gasteiger partial charge < -0.3 is 5.73 Å². The molecule has 3 nitrogen and oxygen atoms in total. The van der Waals surface area contributed by atoms with Gasteiger partial charge in [-0.15, -0.1) is 11.3 Å². The molecule has 0 aromatic carbocycles. The van der Waals surface area contributed by atoms with E-state index in [1.165, 1.54) is 30.7 Å². The predicted molar refractivity (Wildman–Crippen MR) is 71.1 cm³/mol. The molecule has 0 spiro atoms. The second-order valence-corrected chi connectivity index (χ2v) is 6.46. The van der Waals surface area contributed by atoms with Gasteiger partial charge in [-0.05, 0) is 39.5 Å². The monoisotopic (exact) mass is 251 g/mol. The third-order valence-electron chi connectivity index (χ3n) is 4.27. The van der Waals surface area contributed by atoms with Crippen molar-refractivity contribution < 1.29 is 0 Å². The van der Waals surface area contributed by atoms with Crippen molar-refractivity contribution >= 4 is 11.3 Å². The highest BCUT2D eigenvalue weighted by molar-refractivity contribution is 7.09. The molecule has 2 saturated heterocycles. The highest BCUT2D eigenvalue weighted by Crippen LogP contribution is 2.41. The van der Waals surface area contributed by atoms with E-state index in [1.54, 1.807) is 11.3 Å². The molecule has 2 aliphatic heterocycles. The second kappa shape index (κ2) is 4.34. The summed E-state index contributed by atoms with van der Waals surface area (Å²) in [5.41, 5.74) is 7.27. The summed E-state index contributed by atoms with van der Waals surface area (Å²) in [6.45, 7) is 4.38. The van der Waals surface area contributed by atoms with Crippen LogP contribution in [0.15, 0.2) is 5.38 Å². The van der Waals surface area contributed by atoms with E-state index in [1.807, 2.05) is 0 Å². The summed E-state index contributed by atoms with van der Waals surface area (Å²) in [6.07, 6.45) is 5.00. The molecule has 2 aliphatic rings. The molecular formula is C13H21N3S. The zero-order valence-electron chi connectivity index (χ0n) is 10.6. The van der Waals surface area contributed by atoms with Crippen LogP contribution in [0.2, 0.25) is 0 Å². The molecule has 0 radical (unpaired) electrons. The molecule has 3 atom stereocenters. The molecule has 17 heavy (non-hydrogen) atoms. The minimum Gasteiger partial charge on any atom is -0.328 e. The van der Waals surface area contributed by atoms with Crippen molar-refractivity contribution in [1.29, 1.82) is 0 Å². The van der Waals surface area contributed by atoms with E-state index in [4.69, 9.17) is 5.73 Å². The summed E-state index contributed by atoms with van der Waals surface area (Å²) in [6, 6.07) is 2.29. The van der Waals surface area contributed by atoms with Crippen LogP contribution in [-0.4, -0.2) is 28.0 Å². The molecular weight excluding hydrogens is 230 g/mol. The first-order valence-corrected chi connectivity index (χ1v) is 7.48. The number of hydrogen-bond acceptors (Lipinski definition) is 4. The fourth-order valence-corrected chi connectivity index (χ4v) is 4.44. The Kier molecular flexibility index (Phi) is 2.97. The molecule has 4 heteroatoms. The topological polar surface area (TPSA) is 42.1 Å². The summed E-state index contributed by atoms with van der Waals surface area (Å²) in [4.78, 5) is 7.33. The van der Waals surface area contributed by atoms with E-state index in [0.29, 0.717) is 24.2 Å². The third kappa shape index (κ3) is 2.02. The Hall–Kier alpha value is -0.450. The number of rotatable bonds is 2. The number of fused-ring (bicyclic) bond motifs is 2. The number of nitrogens with two attached hydrogens (primary N) is 1. The maximum absolute atomic E-state index is 6.12. The lowest BCUT2D eigenvalue weighted by molar-refractivity contribution is 0.0852. The minimum atomic E-state index is 0.425. The quantitative estimate of drug-likeness (QED) is 0.878. The smallest absolute Gasteiger partial charge is 0.110 e. The van der Waals surface area contributed by atoms with Crippen molar-refractivity contribution in [2.24, 2.45) is 5.73 Å². The molecule has 2 N–H and O–H groups in total. The van der Waals surface area contributed by atoms with Crippen LogP contribution in [0.5, 0.6) is 0 Å². The largest absolute Gasteiger partial charge is 0.328 e. The Balaban J connectivity index is 1.81. The lowest BCUT2D eigenvalue weighted by Crippen LogP contribution is -2.48. The average molecular weight is 251 g/mol. The number of aromatic nitrogens is 1. The van der Waals surface area contributed by atoms with Crippen LogP contribution >= 0.6 is 11.3 Å². The van der Waals surface area contributed by atoms with Gasteiger partial charge in [0.1, 0.15) is 5.01 Å². The maximum Gasteiger partial charge on any atom is 0.110 e. The summed E-state index contributed by atoms with van der Waals surface area (Å²) in [5.74, 6) is 0. The molecule has 1 aromatic rings. The molecule has 1 aromatic heterocycles. The van der Waals surface area contributed by atoms with Gasteiger partial charge in [0.15, 0.2) is 0 Å². The van der Waals surface area contributed by atoms with Crippen LogP contribution in [0.25, 0.3) is 0 Å². The van der Waals surface area contributed by atoms with E-state index >= 15 is 0 Å². The number of piperidine rings is 1. The van der Waals surface area contributed by atoms with Crippen molar-refractivity contribution in [3.05, 3.63) is 16.1 Å². The minimum absolute atomic E-state index is 0.425. The molecule has 0 amide bonds. The molecule has 0 saturated carbocycles. The first-order chi connectivity index (χ1) is 8.15. The Labute approximate surface area is 107 Å². The zero-order chi connectivity index (χ0) is 12.0. The van der Waals surface area contributed by atoms with E-state index in [2.05, 4.69) is 29.1 Å². The Morgan fingerprint density at radius 1 is 1.41 bits per heavy atom. The van der Waals surface area contributed by atoms with Gasteiger partial charge in [-0.25, -0.2) is 4.98 Å². The molecule has 2 fully saturated rings. The highest BCUT2D eigenvalue weighted by atomic mass is 32.1. The third-order valence-corrected chi connectivity index (χ3v) is 5.40. The SMILES string of the molecule is Cc1csc(C(C)N2C3CCC2CC(N)C3)n1. The summed E-state index contributed by atoms with van der Waals surface area (Å²) in [7, 11) is 0. The lowest BCUT2D eigenvalue weighted by Gasteiger charge is -2.40. The van der Waals surface area contributed by atoms with Crippen LogP contribution in [0, 0.1) is 6.92 Å². The van der Waals surface area contributed by atoms with Gasteiger partial charge in [-0.3, -0.25) is 4.90 Å². The zero-order valence-corrected chi connectivity index (χ0v) is 11.4. The highest BCUT2D eigenvalue weighted by Gasteiger charge is 2.42. The van der Waals surface area contributed by atoms with Gasteiger partial charge in [-0.1, -0.05) is 0 Å². The number of nitrogens with zero attached hydrogens (tertiary/aromatic N) is 2. The van der Waals surface area contributed by atoms with E-state index in [-0.39, 0.29) is 0 Å². The first kappa shape index (κ1) is 11.6. The normalized spacial score (nSPS) is 35.1. The summed E-state index contributed by atoms with van der Waals surface area (Å²) in [5, 5.41) is 3.43. The van der Waals surface area contributed by atoms with Crippen LogP contribution < -0.4 is 5.73 Å². The van der Waals surface area contributed by atoms with Crippen LogP contribution in [0.1, 0.15) is 49.4 Å². The van der Waals surface area contributed by atoms with Crippen molar-refractivity contribution in [1.82, 2.24) is 9.88 Å². The van der Waals surface area contributed by atoms with E-state index in [0.717, 1.165) is 5.69 Å². The van der Waals surface area contributed by atoms with Crippen LogP contribution in [0.3, 0.4) is 0 Å². The van der Waals surface area contributed by atoms with Gasteiger partial charge in [0.25, 0.3) is 0 Å². The van der Waals surface area contributed by atoms with E-state index in [9.17, 15) is 0 Å². The maximum atomic E-state index is 6.12. The van der Waals surface area contributed by atoms with Crippen molar-refractivity contribution in [2.75, 3.05) is 0 Å². The van der Waals surface area contributed by atoms with Crippen molar-refractivity contribution in [3.8, 4) is 0 Å². The molecule has 2 bridgehead atoms. The Morgan fingerprint density at radius 2 is 2.06 bits per heavy atom. The fraction of sp³-hybridized carbons (Fsp3) is 0.769. The fourth-order valence-electron chi connectivity index (χ4n) is 3.58. The first-order valence-electron chi connectivity index (χ1n) is 6.60. The standard InChI is InChI=1S/C13H21N3S/c1-8-7-17-13(15-8)9(2)16-11-3-4-12(16)6-10(14)5-11/h7,9-12H,3-6,14H2,1-2H3. The van der Waals surface area contributed by atoms with Crippen LogP contribution in [0.4, 0.5) is 0 Å². The molecule has 3 heterocycles. The average Bonchev–Trinajstić information content (AvgIpc) is 2.81. The van der Waals surface area contributed by atoms with Gasteiger partial charge in [0, 0.05) is 29.2 Å². The van der Waals surface area contributed by atoms with Gasteiger partial charge >= 0.3 is 0 Å². The molecule has 3 unspecified atom stereocenters. The Bertz CT molecular complexity index is 389. The molecule has 94 valence electrons. The molecule has 3 rings (SSSR count). The van der Waals surface area contributed by atoms with Crippen molar-refractivity contribution in [2.45, 2.75) is 63.7 Å². The second-order valence-electron chi connectivity index (χ2n) is 5.57. The van der Waals surface area contributed by atoms with Crippen molar-refractivity contribution in [3.63, 3.8) is 0 Å². The van der Waals surface area contributed by atoms with E-state index < -0.39 is 0 Å². The number of hydrogen-bond donors (Lipinski definition) is 1. The van der Waals surface area contributed by atoms with Crippen LogP contribution in [-0.2, 0) is 0 Å². The summed E-state index contributed by atoms with van der Waals surface area (Å²) >= 11 is 1.80. The number of thiazole rings is 1. The summed E-state index contributed by atoms with van der Waals surface area (Å²) < 4.78 is 0. The van der Waals surface area contributed by atoms with Gasteiger partial charge in [0.05, 0.1) is 6.04 Å². The van der Waals surface area contributed by atoms with Gasteiger partial charge in [0.2, 0.25) is 0 Å². The predicted octanol–water partition coefficient (Wildman–Crippen LogP) is 2.47. The number of aryl methyl sites for hydroxylation is 1. The lowest BCUT2D eigenvalue weighted by atomic mass is 9.96. The molecule has 0 aliphatic carbocycles.